The monoisotopic (exact) mass is 280 g/mol. The number of hydrogen-bond acceptors (Lipinski definition) is 5. The van der Waals surface area contributed by atoms with Crippen molar-refractivity contribution in [1.82, 2.24) is 4.90 Å². The van der Waals surface area contributed by atoms with Crippen molar-refractivity contribution >= 4 is 17.6 Å². The Labute approximate surface area is 118 Å². The fourth-order valence-corrected chi connectivity index (χ4v) is 1.80. The van der Waals surface area contributed by atoms with Crippen molar-refractivity contribution in [2.24, 2.45) is 0 Å². The maximum Gasteiger partial charge on any atom is 0.343 e. The molecule has 0 atom stereocenters. The van der Waals surface area contributed by atoms with E-state index in [0.29, 0.717) is 13.1 Å². The van der Waals surface area contributed by atoms with Gasteiger partial charge in [0.1, 0.15) is 11.3 Å². The number of carbonyl (C=O) groups is 2. The molecule has 6 nitrogen and oxygen atoms in total. The van der Waals surface area contributed by atoms with Crippen LogP contribution in [0.25, 0.3) is 0 Å². The molecule has 0 heterocycles. The smallest absolute Gasteiger partial charge is 0.343 e. The van der Waals surface area contributed by atoms with E-state index in [-0.39, 0.29) is 29.5 Å². The van der Waals surface area contributed by atoms with Crippen LogP contribution in [-0.2, 0) is 9.53 Å². The van der Waals surface area contributed by atoms with Gasteiger partial charge >= 0.3 is 5.97 Å². The molecule has 0 saturated carbocycles. The average molecular weight is 280 g/mol. The summed E-state index contributed by atoms with van der Waals surface area (Å²) in [5.74, 6) is -0.487. The van der Waals surface area contributed by atoms with Gasteiger partial charge in [0.25, 0.3) is 5.91 Å². The second-order valence-corrected chi connectivity index (χ2v) is 4.07. The quantitative estimate of drug-likeness (QED) is 0.627. The first-order valence-corrected chi connectivity index (χ1v) is 6.42. The highest BCUT2D eigenvalue weighted by atomic mass is 16.5. The van der Waals surface area contributed by atoms with Gasteiger partial charge in [-0.25, -0.2) is 4.79 Å². The third-order valence-corrected chi connectivity index (χ3v) is 2.92. The molecule has 0 saturated heterocycles. The lowest BCUT2D eigenvalue weighted by molar-refractivity contribution is -0.132. The molecule has 2 N–H and O–H groups in total. The molecule has 0 aromatic heterocycles. The Morgan fingerprint density at radius 1 is 1.25 bits per heavy atom. The van der Waals surface area contributed by atoms with Gasteiger partial charge in [0.2, 0.25) is 0 Å². The summed E-state index contributed by atoms with van der Waals surface area (Å²) in [6.07, 6.45) is 0. The zero-order valence-corrected chi connectivity index (χ0v) is 12.0. The molecular weight excluding hydrogens is 260 g/mol. The van der Waals surface area contributed by atoms with Crippen LogP contribution in [0, 0.1) is 0 Å². The minimum absolute atomic E-state index is 0.141. The molecule has 1 rings (SSSR count). The number of benzene rings is 1. The Hall–Kier alpha value is -2.24. The molecular formula is C14H20N2O4. The Bertz CT molecular complexity index is 484. The van der Waals surface area contributed by atoms with Gasteiger partial charge in [-0.1, -0.05) is 6.07 Å². The minimum atomic E-state index is -0.589. The van der Waals surface area contributed by atoms with Crippen LogP contribution in [0.4, 0.5) is 5.69 Å². The molecule has 0 fully saturated rings. The van der Waals surface area contributed by atoms with Crippen molar-refractivity contribution in [3.8, 4) is 5.75 Å². The van der Waals surface area contributed by atoms with Gasteiger partial charge in [-0.05, 0) is 26.0 Å². The molecule has 1 amide bonds. The van der Waals surface area contributed by atoms with Crippen LogP contribution in [0.3, 0.4) is 0 Å². The van der Waals surface area contributed by atoms with E-state index in [2.05, 4.69) is 4.74 Å². The van der Waals surface area contributed by atoms with E-state index in [1.54, 1.807) is 23.1 Å². The Morgan fingerprint density at radius 3 is 2.45 bits per heavy atom. The third-order valence-electron chi connectivity index (χ3n) is 2.92. The molecule has 0 bridgehead atoms. The van der Waals surface area contributed by atoms with Gasteiger partial charge in [-0.2, -0.15) is 0 Å². The van der Waals surface area contributed by atoms with Crippen molar-refractivity contribution in [2.75, 3.05) is 32.5 Å². The molecule has 0 spiro atoms. The van der Waals surface area contributed by atoms with Crippen molar-refractivity contribution < 1.29 is 19.1 Å². The topological polar surface area (TPSA) is 81.9 Å². The van der Waals surface area contributed by atoms with E-state index in [9.17, 15) is 9.59 Å². The second kappa shape index (κ2) is 7.37. The summed E-state index contributed by atoms with van der Waals surface area (Å²) in [5, 5.41) is 0. The van der Waals surface area contributed by atoms with Gasteiger partial charge in [-0.3, -0.25) is 4.79 Å². The van der Waals surface area contributed by atoms with Gasteiger partial charge in [-0.15, -0.1) is 0 Å². The lowest BCUT2D eigenvalue weighted by Crippen LogP contribution is -2.34. The summed E-state index contributed by atoms with van der Waals surface area (Å²) >= 11 is 0. The molecule has 0 unspecified atom stereocenters. The van der Waals surface area contributed by atoms with Gasteiger partial charge in [0.05, 0.1) is 7.11 Å². The zero-order valence-electron chi connectivity index (χ0n) is 12.0. The van der Waals surface area contributed by atoms with Gasteiger partial charge in [0, 0.05) is 18.8 Å². The zero-order chi connectivity index (χ0) is 15.1. The molecule has 1 aromatic carbocycles. The van der Waals surface area contributed by atoms with E-state index in [0.717, 1.165) is 0 Å². The number of ether oxygens (including phenoxy) is 2. The Kier molecular flexibility index (Phi) is 5.83. The number of nitrogens with two attached hydrogens (primary N) is 1. The fourth-order valence-electron chi connectivity index (χ4n) is 1.80. The Balaban J connectivity index is 2.85. The first-order valence-electron chi connectivity index (χ1n) is 6.42. The number of esters is 1. The molecule has 110 valence electrons. The highest BCUT2D eigenvalue weighted by Crippen LogP contribution is 2.25. The van der Waals surface area contributed by atoms with Crippen LogP contribution < -0.4 is 10.5 Å². The number of methoxy groups -OCH3 is 1. The lowest BCUT2D eigenvalue weighted by atomic mass is 10.1. The molecule has 0 aliphatic heterocycles. The van der Waals surface area contributed by atoms with E-state index in [4.69, 9.17) is 10.5 Å². The van der Waals surface area contributed by atoms with E-state index < -0.39 is 5.97 Å². The standard InChI is InChI=1S/C14H20N2O4/c1-4-16(5-2)12(17)9-20-11-8-6-7-10(15)13(11)14(18)19-3/h6-8H,4-5,9,15H2,1-3H3. The van der Waals surface area contributed by atoms with Crippen LogP contribution in [0.1, 0.15) is 24.2 Å². The third kappa shape index (κ3) is 3.63. The summed E-state index contributed by atoms with van der Waals surface area (Å²) in [4.78, 5) is 25.2. The van der Waals surface area contributed by atoms with Crippen molar-refractivity contribution in [2.45, 2.75) is 13.8 Å². The summed E-state index contributed by atoms with van der Waals surface area (Å²) < 4.78 is 10.1. The highest BCUT2D eigenvalue weighted by molar-refractivity contribution is 5.98. The maximum atomic E-state index is 11.9. The largest absolute Gasteiger partial charge is 0.483 e. The number of nitrogen functional groups attached to an aromatic ring is 1. The normalized spacial score (nSPS) is 9.95. The van der Waals surface area contributed by atoms with Crippen LogP contribution >= 0.6 is 0 Å². The SMILES string of the molecule is CCN(CC)C(=O)COc1cccc(N)c1C(=O)OC. The van der Waals surface area contributed by atoms with Crippen molar-refractivity contribution in [3.63, 3.8) is 0 Å². The van der Waals surface area contributed by atoms with Crippen molar-refractivity contribution in [3.05, 3.63) is 23.8 Å². The Morgan fingerprint density at radius 2 is 1.90 bits per heavy atom. The lowest BCUT2D eigenvalue weighted by Gasteiger charge is -2.19. The number of carbonyl (C=O) groups excluding carboxylic acids is 2. The predicted molar refractivity (Wildman–Crippen MR) is 75.6 cm³/mol. The predicted octanol–water partition coefficient (Wildman–Crippen LogP) is 1.30. The van der Waals surface area contributed by atoms with E-state index in [1.165, 1.54) is 7.11 Å². The summed E-state index contributed by atoms with van der Waals surface area (Å²) in [6, 6.07) is 4.81. The molecule has 20 heavy (non-hydrogen) atoms. The van der Waals surface area contributed by atoms with Crippen LogP contribution in [-0.4, -0.2) is 43.6 Å². The molecule has 0 aliphatic rings. The number of nitrogens with zero attached hydrogens (tertiary/aromatic N) is 1. The second-order valence-electron chi connectivity index (χ2n) is 4.07. The molecule has 1 aromatic rings. The number of hydrogen-bond donors (Lipinski definition) is 1. The maximum absolute atomic E-state index is 11.9. The highest BCUT2D eigenvalue weighted by Gasteiger charge is 2.18. The van der Waals surface area contributed by atoms with Crippen molar-refractivity contribution in [1.29, 1.82) is 0 Å². The number of amides is 1. The minimum Gasteiger partial charge on any atom is -0.483 e. The first-order chi connectivity index (χ1) is 9.54. The average Bonchev–Trinajstić information content (AvgIpc) is 2.45. The summed E-state index contributed by atoms with van der Waals surface area (Å²) in [5.41, 5.74) is 6.14. The van der Waals surface area contributed by atoms with Gasteiger partial charge < -0.3 is 20.1 Å². The van der Waals surface area contributed by atoms with Crippen LogP contribution in [0.5, 0.6) is 5.75 Å². The van der Waals surface area contributed by atoms with Crippen LogP contribution in [0.2, 0.25) is 0 Å². The van der Waals surface area contributed by atoms with Gasteiger partial charge in [0.15, 0.2) is 6.61 Å². The summed E-state index contributed by atoms with van der Waals surface area (Å²) in [6.45, 7) is 4.86. The number of rotatable bonds is 6. The number of likely N-dealkylation sites (N-methyl/N-ethyl adjacent to an activating group) is 1. The summed E-state index contributed by atoms with van der Waals surface area (Å²) in [7, 11) is 1.26. The first kappa shape index (κ1) is 15.8. The number of anilines is 1. The van der Waals surface area contributed by atoms with E-state index >= 15 is 0 Å². The molecule has 0 radical (unpaired) electrons. The fraction of sp³-hybridized carbons (Fsp3) is 0.429. The molecule has 6 heteroatoms. The van der Waals surface area contributed by atoms with E-state index in [1.807, 2.05) is 13.8 Å². The molecule has 0 aliphatic carbocycles. The van der Waals surface area contributed by atoms with Crippen LogP contribution in [0.15, 0.2) is 18.2 Å².